The number of aromatic amines is 1. The van der Waals surface area contributed by atoms with Gasteiger partial charge in [0.25, 0.3) is 0 Å². The Kier molecular flexibility index (Phi) is 5.37. The summed E-state index contributed by atoms with van der Waals surface area (Å²) in [6.45, 7) is 2.84. The minimum Gasteiger partial charge on any atom is -0.495 e. The number of nitrogens with one attached hydrogen (secondary N) is 2. The molecule has 176 valence electrons. The summed E-state index contributed by atoms with van der Waals surface area (Å²) < 4.78 is 5.49. The number of urea groups is 1. The third kappa shape index (κ3) is 3.89. The van der Waals surface area contributed by atoms with E-state index >= 15 is 0 Å². The van der Waals surface area contributed by atoms with Crippen LogP contribution >= 0.6 is 0 Å². The number of methoxy groups -OCH3 is 1. The van der Waals surface area contributed by atoms with Crippen LogP contribution in [0.1, 0.15) is 11.1 Å². The zero-order valence-corrected chi connectivity index (χ0v) is 19.6. The number of nitrogens with zero attached hydrogens (tertiary/aromatic N) is 3. The van der Waals surface area contributed by atoms with Gasteiger partial charge in [-0.2, -0.15) is 5.10 Å². The molecule has 1 aliphatic heterocycles. The van der Waals surface area contributed by atoms with Crippen molar-refractivity contribution in [2.45, 2.75) is 6.42 Å². The first-order chi connectivity index (χ1) is 17.2. The molecule has 6 rings (SSSR count). The lowest BCUT2D eigenvalue weighted by Crippen LogP contribution is -2.50. The number of anilines is 2. The van der Waals surface area contributed by atoms with Crippen LogP contribution in [-0.4, -0.2) is 54.4 Å². The van der Waals surface area contributed by atoms with Gasteiger partial charge < -0.3 is 19.9 Å². The lowest BCUT2D eigenvalue weighted by atomic mass is 10.1. The number of H-pyrrole nitrogens is 1. The Labute approximate surface area is 204 Å². The molecule has 4 aromatic rings. The molecule has 7 heteroatoms. The average molecular weight is 466 g/mol. The van der Waals surface area contributed by atoms with Gasteiger partial charge in [0.15, 0.2) is 0 Å². The zero-order valence-electron chi connectivity index (χ0n) is 19.6. The third-order valence-electron chi connectivity index (χ3n) is 6.92. The first-order valence-electron chi connectivity index (χ1n) is 11.9. The summed E-state index contributed by atoms with van der Waals surface area (Å²) >= 11 is 0. The minimum absolute atomic E-state index is 0.0754. The number of rotatable bonds is 4. The van der Waals surface area contributed by atoms with Crippen molar-refractivity contribution in [2.24, 2.45) is 0 Å². The summed E-state index contributed by atoms with van der Waals surface area (Å²) in [5.74, 6) is 0.858. The quantitative estimate of drug-likeness (QED) is 0.391. The van der Waals surface area contributed by atoms with E-state index in [0.717, 1.165) is 53.6 Å². The number of para-hydroxylation sites is 2. The number of fused-ring (bicyclic) bond motifs is 3. The topological polar surface area (TPSA) is 73.5 Å². The summed E-state index contributed by atoms with van der Waals surface area (Å²) in [7, 11) is 1.69. The second-order valence-electron chi connectivity index (χ2n) is 8.91. The molecule has 1 fully saturated rings. The van der Waals surface area contributed by atoms with Crippen LogP contribution < -0.4 is 15.0 Å². The second kappa shape index (κ2) is 8.83. The molecule has 35 heavy (non-hydrogen) atoms. The molecule has 0 spiro atoms. The van der Waals surface area contributed by atoms with Gasteiger partial charge in [0.05, 0.1) is 24.2 Å². The number of aromatic nitrogens is 2. The number of carbonyl (C=O) groups is 1. The van der Waals surface area contributed by atoms with Crippen molar-refractivity contribution in [1.29, 1.82) is 0 Å². The van der Waals surface area contributed by atoms with E-state index in [4.69, 9.17) is 4.74 Å². The summed E-state index contributed by atoms with van der Waals surface area (Å²) in [4.78, 5) is 17.0. The fourth-order valence-corrected chi connectivity index (χ4v) is 5.06. The highest BCUT2D eigenvalue weighted by Gasteiger charge is 2.25. The molecule has 0 saturated carbocycles. The van der Waals surface area contributed by atoms with Gasteiger partial charge in [0.1, 0.15) is 5.75 Å². The summed E-state index contributed by atoms with van der Waals surface area (Å²) in [5.41, 5.74) is 8.76. The summed E-state index contributed by atoms with van der Waals surface area (Å²) in [5, 5.41) is 10.8. The van der Waals surface area contributed by atoms with Crippen molar-refractivity contribution >= 4 is 17.4 Å². The number of piperazine rings is 1. The molecule has 0 atom stereocenters. The van der Waals surface area contributed by atoms with E-state index in [0.29, 0.717) is 13.1 Å². The van der Waals surface area contributed by atoms with Crippen LogP contribution in [0.4, 0.5) is 16.2 Å². The van der Waals surface area contributed by atoms with Gasteiger partial charge in [-0.15, -0.1) is 0 Å². The van der Waals surface area contributed by atoms with Gasteiger partial charge in [-0.25, -0.2) is 4.79 Å². The molecule has 1 aromatic heterocycles. The number of hydrogen-bond donors (Lipinski definition) is 2. The van der Waals surface area contributed by atoms with Crippen molar-refractivity contribution in [3.05, 3.63) is 83.9 Å². The predicted octanol–water partition coefficient (Wildman–Crippen LogP) is 5.01. The third-order valence-corrected chi connectivity index (χ3v) is 6.92. The Morgan fingerprint density at radius 2 is 1.69 bits per heavy atom. The van der Waals surface area contributed by atoms with Crippen LogP contribution in [0.5, 0.6) is 5.75 Å². The van der Waals surface area contributed by atoms with Crippen LogP contribution in [0.25, 0.3) is 22.5 Å². The van der Waals surface area contributed by atoms with E-state index in [1.54, 1.807) is 7.11 Å². The predicted molar refractivity (Wildman–Crippen MR) is 138 cm³/mol. The van der Waals surface area contributed by atoms with Gasteiger partial charge in [0.2, 0.25) is 0 Å². The first-order valence-corrected chi connectivity index (χ1v) is 11.9. The fraction of sp³-hybridized carbons (Fsp3) is 0.214. The van der Waals surface area contributed by atoms with Crippen molar-refractivity contribution < 1.29 is 9.53 Å². The van der Waals surface area contributed by atoms with Gasteiger partial charge in [-0.1, -0.05) is 48.5 Å². The van der Waals surface area contributed by atoms with Gasteiger partial charge >= 0.3 is 6.03 Å². The summed E-state index contributed by atoms with van der Waals surface area (Å²) in [6, 6.07) is 24.3. The SMILES string of the molecule is COc1ccccc1N1CCN(C(=O)Nc2ccc(-c3n[nH]c4c3Cc3ccccc3-4)cc2)CC1. The van der Waals surface area contributed by atoms with Crippen LogP contribution in [0.2, 0.25) is 0 Å². The zero-order chi connectivity index (χ0) is 23.8. The Bertz CT molecular complexity index is 1370. The molecule has 0 unspecified atom stereocenters. The second-order valence-corrected chi connectivity index (χ2v) is 8.91. The van der Waals surface area contributed by atoms with E-state index in [9.17, 15) is 4.79 Å². The smallest absolute Gasteiger partial charge is 0.321 e. The molecule has 0 radical (unpaired) electrons. The maximum Gasteiger partial charge on any atom is 0.321 e. The number of amides is 2. The van der Waals surface area contributed by atoms with E-state index in [1.165, 1.54) is 16.7 Å². The Morgan fingerprint density at radius 1 is 0.943 bits per heavy atom. The molecule has 7 nitrogen and oxygen atoms in total. The normalized spacial score (nSPS) is 14.4. The fourth-order valence-electron chi connectivity index (χ4n) is 5.06. The highest BCUT2D eigenvalue weighted by molar-refractivity contribution is 5.90. The lowest BCUT2D eigenvalue weighted by Gasteiger charge is -2.36. The van der Waals surface area contributed by atoms with Crippen molar-refractivity contribution in [3.8, 4) is 28.3 Å². The first kappa shape index (κ1) is 21.3. The van der Waals surface area contributed by atoms with Crippen LogP contribution in [0.15, 0.2) is 72.8 Å². The average Bonchev–Trinajstić information content (AvgIpc) is 3.49. The lowest BCUT2D eigenvalue weighted by molar-refractivity contribution is 0.208. The number of hydrogen-bond acceptors (Lipinski definition) is 4. The summed E-state index contributed by atoms with van der Waals surface area (Å²) in [6.07, 6.45) is 0.886. The van der Waals surface area contributed by atoms with Gasteiger partial charge in [-0.05, 0) is 29.8 Å². The molecule has 2 heterocycles. The molecule has 2 amide bonds. The standard InChI is InChI=1S/C28H27N5O2/c1-35-25-9-5-4-8-24(25)32-14-16-33(17-15-32)28(34)29-21-12-10-19(11-13-21)26-23-18-20-6-2-3-7-22(20)27(23)31-30-26/h2-13H,14-18H2,1H3,(H,29,34)(H,30,31). The van der Waals surface area contributed by atoms with Crippen molar-refractivity contribution in [2.75, 3.05) is 43.5 Å². The number of benzene rings is 3. The Morgan fingerprint density at radius 3 is 2.49 bits per heavy atom. The molecule has 0 bridgehead atoms. The number of carbonyl (C=O) groups excluding carboxylic acids is 1. The Hall–Kier alpha value is -4.26. The van der Waals surface area contributed by atoms with E-state index in [1.807, 2.05) is 47.4 Å². The maximum absolute atomic E-state index is 12.9. The van der Waals surface area contributed by atoms with Gasteiger partial charge in [0, 0.05) is 55.0 Å². The molecule has 1 aliphatic carbocycles. The highest BCUT2D eigenvalue weighted by atomic mass is 16.5. The minimum atomic E-state index is -0.0754. The van der Waals surface area contributed by atoms with Crippen LogP contribution in [0, 0.1) is 0 Å². The Balaban J connectivity index is 1.09. The molecular formula is C28H27N5O2. The molecule has 2 aliphatic rings. The largest absolute Gasteiger partial charge is 0.495 e. The van der Waals surface area contributed by atoms with Crippen LogP contribution in [-0.2, 0) is 6.42 Å². The van der Waals surface area contributed by atoms with Gasteiger partial charge in [-0.3, -0.25) is 5.10 Å². The monoisotopic (exact) mass is 465 g/mol. The van der Waals surface area contributed by atoms with E-state index < -0.39 is 0 Å². The van der Waals surface area contributed by atoms with Crippen molar-refractivity contribution in [3.63, 3.8) is 0 Å². The van der Waals surface area contributed by atoms with E-state index in [-0.39, 0.29) is 6.03 Å². The maximum atomic E-state index is 12.9. The molecule has 1 saturated heterocycles. The molecule has 3 aromatic carbocycles. The molecule has 2 N–H and O–H groups in total. The number of ether oxygens (including phenoxy) is 1. The highest BCUT2D eigenvalue weighted by Crippen LogP contribution is 2.40. The van der Waals surface area contributed by atoms with Crippen LogP contribution in [0.3, 0.4) is 0 Å². The van der Waals surface area contributed by atoms with E-state index in [2.05, 4.69) is 50.7 Å². The molecular weight excluding hydrogens is 438 g/mol. The van der Waals surface area contributed by atoms with Crippen molar-refractivity contribution in [1.82, 2.24) is 15.1 Å².